The van der Waals surface area contributed by atoms with Crippen molar-refractivity contribution in [2.75, 3.05) is 26.4 Å². The van der Waals surface area contributed by atoms with Gasteiger partial charge >= 0.3 is 0 Å². The first kappa shape index (κ1) is 24.4. The molecule has 33 heavy (non-hydrogen) atoms. The monoisotopic (exact) mass is 480 g/mol. The quantitative estimate of drug-likeness (QED) is 0.232. The number of ether oxygens (including phenoxy) is 3. The number of nitrogens with zero attached hydrogens (tertiary/aromatic N) is 1. The average Bonchev–Trinajstić information content (AvgIpc) is 3.08. The Labute approximate surface area is 190 Å². The van der Waals surface area contributed by atoms with Crippen LogP contribution in [0.2, 0.25) is 0 Å². The Morgan fingerprint density at radius 2 is 1.85 bits per heavy atom. The fourth-order valence-electron chi connectivity index (χ4n) is 3.52. The van der Waals surface area contributed by atoms with Crippen LogP contribution in [0.1, 0.15) is 12.8 Å². The van der Waals surface area contributed by atoms with Crippen LogP contribution in [0.4, 0.5) is 0 Å². The lowest BCUT2D eigenvalue weighted by molar-refractivity contribution is -0.496. The highest BCUT2D eigenvalue weighted by atomic mass is 32.2. The highest BCUT2D eigenvalue weighted by Gasteiger charge is 2.52. The molecule has 1 atom stereocenters. The zero-order chi connectivity index (χ0) is 23.9. The SMILES string of the molecule is O=C(NO)C1(S(=O)(=O)c2ccc(OCCOC3=CC([N+](=O)[O-])C=CC=C3)cc2)CCOCC1. The Hall–Kier alpha value is -3.22. The number of carbonyl (C=O) groups is 1. The molecular weight excluding hydrogens is 456 g/mol. The Bertz CT molecular complexity index is 1060. The van der Waals surface area contributed by atoms with Crippen molar-refractivity contribution in [3.8, 4) is 5.75 Å². The number of nitro groups is 1. The van der Waals surface area contributed by atoms with Crippen LogP contribution >= 0.6 is 0 Å². The average molecular weight is 480 g/mol. The summed E-state index contributed by atoms with van der Waals surface area (Å²) >= 11 is 0. The molecule has 1 heterocycles. The van der Waals surface area contributed by atoms with Gasteiger partial charge in [-0.3, -0.25) is 20.1 Å². The second-order valence-electron chi connectivity index (χ2n) is 7.31. The number of nitrogens with one attached hydrogen (secondary N) is 1. The molecule has 178 valence electrons. The van der Waals surface area contributed by atoms with Gasteiger partial charge in [0.15, 0.2) is 14.6 Å². The van der Waals surface area contributed by atoms with Crippen LogP contribution in [-0.2, 0) is 24.1 Å². The van der Waals surface area contributed by atoms with Gasteiger partial charge in [-0.1, -0.05) is 12.2 Å². The molecule has 1 saturated heterocycles. The van der Waals surface area contributed by atoms with Gasteiger partial charge < -0.3 is 14.2 Å². The summed E-state index contributed by atoms with van der Waals surface area (Å²) in [6, 6.07) is 4.59. The van der Waals surface area contributed by atoms with E-state index in [1.54, 1.807) is 18.2 Å². The summed E-state index contributed by atoms with van der Waals surface area (Å²) in [4.78, 5) is 22.7. The van der Waals surface area contributed by atoms with Gasteiger partial charge in [-0.25, -0.2) is 13.9 Å². The third-order valence-electron chi connectivity index (χ3n) is 5.34. The first-order valence-electron chi connectivity index (χ1n) is 10.1. The smallest absolute Gasteiger partial charge is 0.265 e. The normalized spacial score (nSPS) is 19.8. The van der Waals surface area contributed by atoms with Gasteiger partial charge in [0.1, 0.15) is 24.7 Å². The maximum Gasteiger partial charge on any atom is 0.265 e. The number of hydrogen-bond acceptors (Lipinski definition) is 9. The Kier molecular flexibility index (Phi) is 7.84. The van der Waals surface area contributed by atoms with Gasteiger partial charge in [-0.2, -0.15) is 0 Å². The number of hydrogen-bond donors (Lipinski definition) is 2. The van der Waals surface area contributed by atoms with Crippen molar-refractivity contribution in [3.63, 3.8) is 0 Å². The standard InChI is InChI=1S/C21H24N2O9S/c24-20(22-25)21(9-11-30-12-10-21)33(28,29)19-7-5-17(6-8-19)31-13-14-32-18-4-2-1-3-16(15-18)23(26)27/h1-8,15-16,25H,9-14H2,(H,22,24). The summed E-state index contributed by atoms with van der Waals surface area (Å²) in [7, 11) is -4.12. The molecule has 11 nitrogen and oxygen atoms in total. The van der Waals surface area contributed by atoms with E-state index in [0.29, 0.717) is 11.5 Å². The third kappa shape index (κ3) is 5.41. The number of carbonyl (C=O) groups excluding carboxylic acids is 1. The molecule has 2 N–H and O–H groups in total. The van der Waals surface area contributed by atoms with E-state index >= 15 is 0 Å². The van der Waals surface area contributed by atoms with Crippen LogP contribution in [0.25, 0.3) is 0 Å². The topological polar surface area (TPSA) is 154 Å². The van der Waals surface area contributed by atoms with Crippen molar-refractivity contribution in [1.82, 2.24) is 5.48 Å². The van der Waals surface area contributed by atoms with Crippen LogP contribution in [0.15, 0.2) is 65.3 Å². The van der Waals surface area contributed by atoms with E-state index in [2.05, 4.69) is 0 Å². The molecule has 0 radical (unpaired) electrons. The number of benzene rings is 1. The van der Waals surface area contributed by atoms with E-state index < -0.39 is 31.5 Å². The number of amides is 1. The lowest BCUT2D eigenvalue weighted by Gasteiger charge is -2.34. The van der Waals surface area contributed by atoms with E-state index in [0.717, 1.165) is 0 Å². The van der Waals surface area contributed by atoms with E-state index in [4.69, 9.17) is 19.4 Å². The molecule has 0 aromatic heterocycles. The fourth-order valence-corrected chi connectivity index (χ4v) is 5.46. The molecule has 1 unspecified atom stereocenters. The number of allylic oxidation sites excluding steroid dienone is 3. The lowest BCUT2D eigenvalue weighted by Crippen LogP contribution is -2.54. The van der Waals surface area contributed by atoms with Gasteiger partial charge in [0.2, 0.25) is 0 Å². The minimum absolute atomic E-state index is 0.0750. The first-order valence-corrected chi connectivity index (χ1v) is 11.6. The zero-order valence-electron chi connectivity index (χ0n) is 17.6. The molecule has 0 spiro atoms. The second-order valence-corrected chi connectivity index (χ2v) is 9.57. The van der Waals surface area contributed by atoms with Crippen molar-refractivity contribution in [2.45, 2.75) is 28.5 Å². The number of sulfone groups is 1. The molecule has 1 aliphatic heterocycles. The van der Waals surface area contributed by atoms with Gasteiger partial charge in [0.05, 0.1) is 4.90 Å². The molecule has 0 saturated carbocycles. The summed E-state index contributed by atoms with van der Waals surface area (Å²) < 4.78 is 40.8. The van der Waals surface area contributed by atoms with E-state index in [-0.39, 0.29) is 44.2 Å². The van der Waals surface area contributed by atoms with Crippen LogP contribution in [0.5, 0.6) is 5.75 Å². The number of rotatable bonds is 9. The van der Waals surface area contributed by atoms with Crippen molar-refractivity contribution in [3.05, 3.63) is 70.5 Å². The molecule has 1 aliphatic carbocycles. The second kappa shape index (κ2) is 10.6. The van der Waals surface area contributed by atoms with Crippen LogP contribution < -0.4 is 10.2 Å². The van der Waals surface area contributed by atoms with E-state index in [1.165, 1.54) is 41.9 Å². The predicted octanol–water partition coefficient (Wildman–Crippen LogP) is 1.57. The van der Waals surface area contributed by atoms with Crippen molar-refractivity contribution in [1.29, 1.82) is 0 Å². The summed E-state index contributed by atoms with van der Waals surface area (Å²) in [5.41, 5.74) is 1.47. The van der Waals surface area contributed by atoms with Gasteiger partial charge in [0, 0.05) is 24.2 Å². The van der Waals surface area contributed by atoms with Crippen LogP contribution in [0, 0.1) is 10.1 Å². The van der Waals surface area contributed by atoms with Gasteiger partial charge in [0.25, 0.3) is 11.9 Å². The largest absolute Gasteiger partial charge is 0.490 e. The van der Waals surface area contributed by atoms with E-state index in [1.807, 2.05) is 0 Å². The fraction of sp³-hybridized carbons (Fsp3) is 0.381. The maximum absolute atomic E-state index is 13.2. The highest BCUT2D eigenvalue weighted by Crippen LogP contribution is 2.35. The minimum Gasteiger partial charge on any atom is -0.490 e. The molecule has 1 amide bonds. The molecule has 12 heteroatoms. The van der Waals surface area contributed by atoms with E-state index in [9.17, 15) is 23.3 Å². The molecule has 1 aromatic rings. The third-order valence-corrected chi connectivity index (χ3v) is 7.86. The van der Waals surface area contributed by atoms with Crippen LogP contribution in [-0.4, -0.2) is 61.7 Å². The molecule has 1 fully saturated rings. The summed E-state index contributed by atoms with van der Waals surface area (Å²) in [5, 5.41) is 20.1. The highest BCUT2D eigenvalue weighted by molar-refractivity contribution is 7.93. The molecule has 2 aliphatic rings. The van der Waals surface area contributed by atoms with Crippen LogP contribution in [0.3, 0.4) is 0 Å². The van der Waals surface area contributed by atoms with Crippen molar-refractivity contribution < 1.29 is 37.6 Å². The first-order chi connectivity index (χ1) is 15.8. The van der Waals surface area contributed by atoms with Crippen molar-refractivity contribution >= 4 is 15.7 Å². The lowest BCUT2D eigenvalue weighted by atomic mass is 9.98. The Morgan fingerprint density at radius 3 is 2.48 bits per heavy atom. The molecule has 1 aromatic carbocycles. The predicted molar refractivity (Wildman–Crippen MR) is 115 cm³/mol. The number of hydroxylamine groups is 1. The Morgan fingerprint density at radius 1 is 1.18 bits per heavy atom. The zero-order valence-corrected chi connectivity index (χ0v) is 18.4. The Balaban J connectivity index is 1.61. The van der Waals surface area contributed by atoms with Gasteiger partial charge in [-0.05, 0) is 49.3 Å². The molecule has 0 bridgehead atoms. The van der Waals surface area contributed by atoms with Gasteiger partial charge in [-0.15, -0.1) is 0 Å². The summed E-state index contributed by atoms with van der Waals surface area (Å²) in [6.45, 7) is 0.387. The molecular formula is C21H24N2O9S. The summed E-state index contributed by atoms with van der Waals surface area (Å²) in [5.74, 6) is -0.268. The molecule has 3 rings (SSSR count). The minimum atomic E-state index is -4.12. The maximum atomic E-state index is 13.2. The summed E-state index contributed by atoms with van der Waals surface area (Å²) in [6.07, 6.45) is 7.48. The van der Waals surface area contributed by atoms with Crippen molar-refractivity contribution in [2.24, 2.45) is 0 Å².